The SMILES string of the molecule is Cc1[nH]c(=O)c(C#N)cc1-c1cnc(-c2cccnc2)[nH]1. The number of nitrogens with one attached hydrogen (secondary N) is 2. The fourth-order valence-electron chi connectivity index (χ4n) is 2.09. The van der Waals surface area contributed by atoms with Gasteiger partial charge in [-0.05, 0) is 25.1 Å². The Kier molecular flexibility index (Phi) is 3.09. The second-order valence-electron chi connectivity index (χ2n) is 4.55. The Labute approximate surface area is 120 Å². The molecule has 21 heavy (non-hydrogen) atoms. The molecule has 0 aliphatic heterocycles. The van der Waals surface area contributed by atoms with E-state index in [1.54, 1.807) is 31.6 Å². The van der Waals surface area contributed by atoms with Gasteiger partial charge in [-0.2, -0.15) is 5.26 Å². The standard InChI is InChI=1S/C15H11N5O/c1-9-12(5-11(6-16)15(21)19-9)13-8-18-14(20-13)10-3-2-4-17-7-10/h2-5,7-8H,1H3,(H,18,20)(H,19,21). The van der Waals surface area contributed by atoms with Gasteiger partial charge in [0.2, 0.25) is 0 Å². The van der Waals surface area contributed by atoms with E-state index < -0.39 is 0 Å². The van der Waals surface area contributed by atoms with Crippen molar-refractivity contribution >= 4 is 0 Å². The molecule has 0 saturated carbocycles. The highest BCUT2D eigenvalue weighted by Gasteiger charge is 2.11. The third-order valence-corrected chi connectivity index (χ3v) is 3.16. The smallest absolute Gasteiger partial charge is 0.266 e. The van der Waals surface area contributed by atoms with Crippen LogP contribution in [-0.4, -0.2) is 19.9 Å². The van der Waals surface area contributed by atoms with Crippen LogP contribution < -0.4 is 5.56 Å². The van der Waals surface area contributed by atoms with E-state index in [4.69, 9.17) is 5.26 Å². The van der Waals surface area contributed by atoms with Gasteiger partial charge in [0.25, 0.3) is 5.56 Å². The Hall–Kier alpha value is -3.20. The molecule has 3 aromatic heterocycles. The highest BCUT2D eigenvalue weighted by molar-refractivity contribution is 5.66. The van der Waals surface area contributed by atoms with E-state index >= 15 is 0 Å². The molecule has 0 aliphatic rings. The van der Waals surface area contributed by atoms with Crippen LogP contribution >= 0.6 is 0 Å². The Bertz CT molecular complexity index is 886. The van der Waals surface area contributed by atoms with Crippen molar-refractivity contribution in [3.05, 3.63) is 58.4 Å². The van der Waals surface area contributed by atoms with Crippen LogP contribution in [0.2, 0.25) is 0 Å². The summed E-state index contributed by atoms with van der Waals surface area (Å²) < 4.78 is 0. The zero-order valence-corrected chi connectivity index (χ0v) is 11.2. The molecular formula is C15H11N5O. The molecule has 0 fully saturated rings. The van der Waals surface area contributed by atoms with Gasteiger partial charge in [-0.15, -0.1) is 0 Å². The summed E-state index contributed by atoms with van der Waals surface area (Å²) >= 11 is 0. The third-order valence-electron chi connectivity index (χ3n) is 3.16. The summed E-state index contributed by atoms with van der Waals surface area (Å²) in [4.78, 5) is 25.8. The largest absolute Gasteiger partial charge is 0.338 e. The molecule has 0 aliphatic carbocycles. The summed E-state index contributed by atoms with van der Waals surface area (Å²) in [6.45, 7) is 1.78. The summed E-state index contributed by atoms with van der Waals surface area (Å²) in [5.41, 5.74) is 2.72. The summed E-state index contributed by atoms with van der Waals surface area (Å²) in [6.07, 6.45) is 5.08. The number of aromatic amines is 2. The number of pyridine rings is 2. The van der Waals surface area contributed by atoms with Gasteiger partial charge in [0.15, 0.2) is 0 Å². The Morgan fingerprint density at radius 1 is 1.29 bits per heavy atom. The van der Waals surface area contributed by atoms with Crippen molar-refractivity contribution in [2.45, 2.75) is 6.92 Å². The highest BCUT2D eigenvalue weighted by atomic mass is 16.1. The van der Waals surface area contributed by atoms with Gasteiger partial charge in [-0.1, -0.05) is 0 Å². The molecule has 0 amide bonds. The highest BCUT2D eigenvalue weighted by Crippen LogP contribution is 2.23. The maximum atomic E-state index is 11.6. The number of rotatable bonds is 2. The maximum absolute atomic E-state index is 11.6. The van der Waals surface area contributed by atoms with E-state index in [-0.39, 0.29) is 11.1 Å². The van der Waals surface area contributed by atoms with Crippen LogP contribution in [0, 0.1) is 18.3 Å². The van der Waals surface area contributed by atoms with Gasteiger partial charge in [-0.25, -0.2) is 4.98 Å². The maximum Gasteiger partial charge on any atom is 0.266 e. The second kappa shape index (κ2) is 5.06. The van der Waals surface area contributed by atoms with E-state index in [1.807, 2.05) is 18.2 Å². The van der Waals surface area contributed by atoms with Gasteiger partial charge < -0.3 is 9.97 Å². The Morgan fingerprint density at radius 2 is 2.14 bits per heavy atom. The minimum atomic E-state index is -0.384. The van der Waals surface area contributed by atoms with Crippen LogP contribution in [0.25, 0.3) is 22.6 Å². The number of hydrogen-bond donors (Lipinski definition) is 2. The first-order chi connectivity index (χ1) is 10.2. The lowest BCUT2D eigenvalue weighted by atomic mass is 10.1. The number of aryl methyl sites for hydroxylation is 1. The van der Waals surface area contributed by atoms with E-state index in [0.717, 1.165) is 16.8 Å². The minimum Gasteiger partial charge on any atom is -0.338 e. The molecule has 0 atom stereocenters. The van der Waals surface area contributed by atoms with Crippen molar-refractivity contribution in [3.8, 4) is 28.7 Å². The number of hydrogen-bond acceptors (Lipinski definition) is 4. The molecule has 0 unspecified atom stereocenters. The lowest BCUT2D eigenvalue weighted by Gasteiger charge is -2.03. The zero-order chi connectivity index (χ0) is 14.8. The van der Waals surface area contributed by atoms with Crippen LogP contribution in [0.4, 0.5) is 0 Å². The van der Waals surface area contributed by atoms with E-state index in [2.05, 4.69) is 19.9 Å². The summed E-state index contributed by atoms with van der Waals surface area (Å²) in [6, 6.07) is 7.18. The van der Waals surface area contributed by atoms with Crippen molar-refractivity contribution in [2.75, 3.05) is 0 Å². The lowest BCUT2D eigenvalue weighted by Crippen LogP contribution is -2.11. The first-order valence-electron chi connectivity index (χ1n) is 6.29. The second-order valence-corrected chi connectivity index (χ2v) is 4.55. The van der Waals surface area contributed by atoms with E-state index in [0.29, 0.717) is 11.5 Å². The number of nitriles is 1. The van der Waals surface area contributed by atoms with Crippen molar-refractivity contribution in [3.63, 3.8) is 0 Å². The monoisotopic (exact) mass is 277 g/mol. The van der Waals surface area contributed by atoms with Gasteiger partial charge in [0, 0.05) is 29.2 Å². The quantitative estimate of drug-likeness (QED) is 0.748. The summed E-state index contributed by atoms with van der Waals surface area (Å²) in [5, 5.41) is 8.96. The molecule has 0 aromatic carbocycles. The molecule has 102 valence electrons. The lowest BCUT2D eigenvalue weighted by molar-refractivity contribution is 1.13. The molecule has 6 heteroatoms. The molecule has 2 N–H and O–H groups in total. The third kappa shape index (κ3) is 2.32. The van der Waals surface area contributed by atoms with Gasteiger partial charge >= 0.3 is 0 Å². The van der Waals surface area contributed by atoms with Crippen LogP contribution in [0.15, 0.2) is 41.6 Å². The van der Waals surface area contributed by atoms with Gasteiger partial charge in [0.05, 0.1) is 11.9 Å². The van der Waals surface area contributed by atoms with Crippen molar-refractivity contribution in [1.29, 1.82) is 5.26 Å². The molecule has 3 aromatic rings. The first-order valence-corrected chi connectivity index (χ1v) is 6.29. The van der Waals surface area contributed by atoms with Crippen LogP contribution in [0.3, 0.4) is 0 Å². The molecule has 0 saturated heterocycles. The molecule has 0 radical (unpaired) electrons. The average molecular weight is 277 g/mol. The number of aromatic nitrogens is 4. The van der Waals surface area contributed by atoms with Crippen molar-refractivity contribution in [2.24, 2.45) is 0 Å². The van der Waals surface area contributed by atoms with Crippen molar-refractivity contribution in [1.82, 2.24) is 19.9 Å². The molecule has 6 nitrogen and oxygen atoms in total. The fraction of sp³-hybridized carbons (Fsp3) is 0.0667. The van der Waals surface area contributed by atoms with Crippen LogP contribution in [-0.2, 0) is 0 Å². The predicted octanol–water partition coefficient (Wildman–Crippen LogP) is 2.01. The topological polar surface area (TPSA) is 98.2 Å². The number of nitrogens with zero attached hydrogens (tertiary/aromatic N) is 3. The van der Waals surface area contributed by atoms with Gasteiger partial charge in [-0.3, -0.25) is 9.78 Å². The number of imidazole rings is 1. The summed E-state index contributed by atoms with van der Waals surface area (Å²) in [5.74, 6) is 0.683. The minimum absolute atomic E-state index is 0.0770. The van der Waals surface area contributed by atoms with Gasteiger partial charge in [0.1, 0.15) is 17.5 Å². The van der Waals surface area contributed by atoms with Crippen LogP contribution in [0.5, 0.6) is 0 Å². The first kappa shape index (κ1) is 12.8. The van der Waals surface area contributed by atoms with Crippen molar-refractivity contribution < 1.29 is 0 Å². The predicted molar refractivity (Wildman–Crippen MR) is 77.3 cm³/mol. The molecular weight excluding hydrogens is 266 g/mol. The average Bonchev–Trinajstić information content (AvgIpc) is 2.98. The molecule has 3 heterocycles. The van der Waals surface area contributed by atoms with E-state index in [9.17, 15) is 4.79 Å². The number of H-pyrrole nitrogens is 2. The molecule has 3 rings (SSSR count). The van der Waals surface area contributed by atoms with E-state index in [1.165, 1.54) is 0 Å². The van der Waals surface area contributed by atoms with Crippen LogP contribution in [0.1, 0.15) is 11.3 Å². The Morgan fingerprint density at radius 3 is 2.86 bits per heavy atom. The molecule has 0 bridgehead atoms. The Balaban J connectivity index is 2.09. The summed E-state index contributed by atoms with van der Waals surface area (Å²) in [7, 11) is 0. The molecule has 0 spiro atoms. The zero-order valence-electron chi connectivity index (χ0n) is 11.2. The normalized spacial score (nSPS) is 10.3. The fourth-order valence-corrected chi connectivity index (χ4v) is 2.09.